The summed E-state index contributed by atoms with van der Waals surface area (Å²) in [5.41, 5.74) is 7.39. The zero-order valence-electron chi connectivity index (χ0n) is 10.8. The van der Waals surface area contributed by atoms with E-state index < -0.39 is 0 Å². The average Bonchev–Trinajstić information content (AvgIpc) is 2.91. The van der Waals surface area contributed by atoms with Gasteiger partial charge in [0.05, 0.1) is 5.69 Å². The van der Waals surface area contributed by atoms with Crippen molar-refractivity contribution in [2.45, 2.75) is 6.42 Å². The lowest BCUT2D eigenvalue weighted by Gasteiger charge is -2.00. The third-order valence-electron chi connectivity index (χ3n) is 2.87. The smallest absolute Gasteiger partial charge is 0.278 e. The quantitative estimate of drug-likeness (QED) is 0.804. The van der Waals surface area contributed by atoms with Gasteiger partial charge in [0.2, 0.25) is 0 Å². The van der Waals surface area contributed by atoms with Crippen LogP contribution in [0.4, 0.5) is 10.1 Å². The summed E-state index contributed by atoms with van der Waals surface area (Å²) in [5, 5.41) is 4.18. The minimum Gasteiger partial charge on any atom is -0.397 e. The fraction of sp³-hybridized carbons (Fsp3) is 0.0714. The second kappa shape index (κ2) is 5.49. The van der Waals surface area contributed by atoms with E-state index in [1.807, 2.05) is 0 Å². The van der Waals surface area contributed by atoms with Crippen LogP contribution in [0.1, 0.15) is 11.4 Å². The van der Waals surface area contributed by atoms with Gasteiger partial charge in [-0.15, -0.1) is 0 Å². The molecular formula is C14H10ClFN4O. The monoisotopic (exact) mass is 304 g/mol. The normalized spacial score (nSPS) is 10.8. The first kappa shape index (κ1) is 13.5. The van der Waals surface area contributed by atoms with Crippen LogP contribution in [-0.4, -0.2) is 15.1 Å². The van der Waals surface area contributed by atoms with Crippen LogP contribution in [0.25, 0.3) is 11.6 Å². The third kappa shape index (κ3) is 2.85. The van der Waals surface area contributed by atoms with Gasteiger partial charge in [-0.2, -0.15) is 4.98 Å². The summed E-state index contributed by atoms with van der Waals surface area (Å²) in [5.74, 6) is 0.267. The Hall–Kier alpha value is -2.47. The van der Waals surface area contributed by atoms with Gasteiger partial charge in [0, 0.05) is 17.6 Å². The van der Waals surface area contributed by atoms with Crippen molar-refractivity contribution >= 4 is 17.3 Å². The molecule has 0 radical (unpaired) electrons. The van der Waals surface area contributed by atoms with E-state index in [2.05, 4.69) is 15.1 Å². The fourth-order valence-corrected chi connectivity index (χ4v) is 2.09. The highest BCUT2D eigenvalue weighted by Gasteiger charge is 2.14. The molecule has 21 heavy (non-hydrogen) atoms. The van der Waals surface area contributed by atoms with Crippen LogP contribution < -0.4 is 5.73 Å². The Bertz CT molecular complexity index is 790. The number of hydrogen-bond donors (Lipinski definition) is 1. The van der Waals surface area contributed by atoms with Crippen molar-refractivity contribution in [2.75, 3.05) is 5.73 Å². The first-order valence-corrected chi connectivity index (χ1v) is 6.48. The van der Waals surface area contributed by atoms with E-state index in [-0.39, 0.29) is 11.7 Å². The predicted octanol–water partition coefficient (Wildman–Crippen LogP) is 3.10. The van der Waals surface area contributed by atoms with Gasteiger partial charge >= 0.3 is 0 Å². The number of nitrogen functional groups attached to an aromatic ring is 1. The van der Waals surface area contributed by atoms with Crippen LogP contribution >= 0.6 is 11.6 Å². The Labute approximate surface area is 124 Å². The molecule has 0 unspecified atom stereocenters. The number of pyridine rings is 1. The Kier molecular flexibility index (Phi) is 3.53. The van der Waals surface area contributed by atoms with Crippen molar-refractivity contribution < 1.29 is 8.91 Å². The summed E-state index contributed by atoms with van der Waals surface area (Å²) in [6.45, 7) is 0. The fourth-order valence-electron chi connectivity index (χ4n) is 1.85. The topological polar surface area (TPSA) is 77.8 Å². The Balaban J connectivity index is 1.87. The van der Waals surface area contributed by atoms with E-state index >= 15 is 0 Å². The van der Waals surface area contributed by atoms with Crippen LogP contribution in [0, 0.1) is 5.82 Å². The van der Waals surface area contributed by atoms with E-state index in [0.717, 1.165) is 0 Å². The molecule has 0 aliphatic rings. The van der Waals surface area contributed by atoms with Gasteiger partial charge in [-0.1, -0.05) is 22.8 Å². The SMILES string of the molecule is Nc1cccnc1-c1nc(Cc2ccc(F)cc2Cl)no1. The molecule has 0 fully saturated rings. The molecule has 106 valence electrons. The van der Waals surface area contributed by atoms with E-state index in [0.29, 0.717) is 34.2 Å². The molecule has 0 aliphatic carbocycles. The van der Waals surface area contributed by atoms with E-state index in [1.54, 1.807) is 24.4 Å². The van der Waals surface area contributed by atoms with Crippen LogP contribution in [0.3, 0.4) is 0 Å². The second-order valence-corrected chi connectivity index (χ2v) is 4.78. The number of rotatable bonds is 3. The van der Waals surface area contributed by atoms with Crippen molar-refractivity contribution in [2.24, 2.45) is 0 Å². The van der Waals surface area contributed by atoms with Crippen LogP contribution in [0.2, 0.25) is 5.02 Å². The lowest BCUT2D eigenvalue weighted by molar-refractivity contribution is 0.423. The van der Waals surface area contributed by atoms with Crippen molar-refractivity contribution in [1.82, 2.24) is 15.1 Å². The maximum Gasteiger partial charge on any atom is 0.278 e. The molecule has 0 saturated heterocycles. The lowest BCUT2D eigenvalue weighted by atomic mass is 10.1. The van der Waals surface area contributed by atoms with E-state index in [9.17, 15) is 4.39 Å². The minimum atomic E-state index is -0.390. The maximum atomic E-state index is 13.0. The van der Waals surface area contributed by atoms with Gasteiger partial charge in [0.15, 0.2) is 11.5 Å². The molecule has 3 aromatic rings. The van der Waals surface area contributed by atoms with Crippen molar-refractivity contribution in [3.63, 3.8) is 0 Å². The van der Waals surface area contributed by atoms with Gasteiger partial charge in [-0.3, -0.25) is 0 Å². The average molecular weight is 305 g/mol. The van der Waals surface area contributed by atoms with Crippen LogP contribution in [0.5, 0.6) is 0 Å². The molecule has 1 aromatic carbocycles. The molecule has 0 atom stereocenters. The van der Waals surface area contributed by atoms with Gasteiger partial charge < -0.3 is 10.3 Å². The summed E-state index contributed by atoms with van der Waals surface area (Å²) < 4.78 is 18.1. The molecule has 0 aliphatic heterocycles. The number of aromatic nitrogens is 3. The minimum absolute atomic E-state index is 0.237. The number of halogens is 2. The van der Waals surface area contributed by atoms with E-state index in [4.69, 9.17) is 21.9 Å². The highest BCUT2D eigenvalue weighted by atomic mass is 35.5. The summed E-state index contributed by atoms with van der Waals surface area (Å²) in [4.78, 5) is 8.33. The first-order valence-electron chi connectivity index (χ1n) is 6.11. The number of hydrogen-bond acceptors (Lipinski definition) is 5. The molecule has 2 aromatic heterocycles. The molecule has 0 saturated carbocycles. The number of anilines is 1. The summed E-state index contributed by atoms with van der Waals surface area (Å²) in [7, 11) is 0. The van der Waals surface area contributed by atoms with Gasteiger partial charge in [0.1, 0.15) is 5.82 Å². The summed E-state index contributed by atoms with van der Waals surface area (Å²) in [6.07, 6.45) is 1.92. The Morgan fingerprint density at radius 2 is 2.14 bits per heavy atom. The number of nitrogens with zero attached hydrogens (tertiary/aromatic N) is 3. The van der Waals surface area contributed by atoms with Gasteiger partial charge in [-0.05, 0) is 29.8 Å². The molecule has 2 heterocycles. The molecular weight excluding hydrogens is 295 g/mol. The standard InChI is InChI=1S/C14H10ClFN4O/c15-10-7-9(16)4-3-8(10)6-12-19-14(21-20-12)13-11(17)2-1-5-18-13/h1-5,7H,6,17H2. The zero-order valence-corrected chi connectivity index (χ0v) is 11.5. The first-order chi connectivity index (χ1) is 10.1. The Morgan fingerprint density at radius 1 is 1.29 bits per heavy atom. The largest absolute Gasteiger partial charge is 0.397 e. The molecule has 0 spiro atoms. The highest BCUT2D eigenvalue weighted by Crippen LogP contribution is 2.23. The lowest BCUT2D eigenvalue weighted by Crippen LogP contribution is -1.94. The van der Waals surface area contributed by atoms with Gasteiger partial charge in [-0.25, -0.2) is 9.37 Å². The Morgan fingerprint density at radius 3 is 2.90 bits per heavy atom. The molecule has 3 rings (SSSR count). The van der Waals surface area contributed by atoms with Crippen molar-refractivity contribution in [3.05, 3.63) is 58.8 Å². The zero-order chi connectivity index (χ0) is 14.8. The third-order valence-corrected chi connectivity index (χ3v) is 3.23. The summed E-state index contributed by atoms with van der Waals surface area (Å²) in [6, 6.07) is 7.58. The molecule has 2 N–H and O–H groups in total. The number of benzene rings is 1. The van der Waals surface area contributed by atoms with Crippen molar-refractivity contribution in [3.8, 4) is 11.6 Å². The highest BCUT2D eigenvalue weighted by molar-refractivity contribution is 6.31. The second-order valence-electron chi connectivity index (χ2n) is 4.37. The van der Waals surface area contributed by atoms with E-state index in [1.165, 1.54) is 12.1 Å². The predicted molar refractivity (Wildman–Crippen MR) is 76.2 cm³/mol. The molecule has 7 heteroatoms. The summed E-state index contributed by atoms with van der Waals surface area (Å²) >= 11 is 5.97. The molecule has 0 amide bonds. The number of nitrogens with two attached hydrogens (primary N) is 1. The molecule has 5 nitrogen and oxygen atoms in total. The van der Waals surface area contributed by atoms with Gasteiger partial charge in [0.25, 0.3) is 5.89 Å². The maximum absolute atomic E-state index is 13.0. The van der Waals surface area contributed by atoms with Crippen molar-refractivity contribution in [1.29, 1.82) is 0 Å². The van der Waals surface area contributed by atoms with Crippen LogP contribution in [-0.2, 0) is 6.42 Å². The van der Waals surface area contributed by atoms with Crippen LogP contribution in [0.15, 0.2) is 41.1 Å². The molecule has 0 bridgehead atoms.